The molecule has 2 aromatic heterocycles. The number of nitrogens with zero attached hydrogens (tertiary/aromatic N) is 2. The number of hydrogen-bond acceptors (Lipinski definition) is 2. The van der Waals surface area contributed by atoms with Crippen LogP contribution in [0, 0.1) is 0 Å². The second-order valence-electron chi connectivity index (χ2n) is 6.68. The minimum Gasteiger partial charge on any atom is -0.352 e. The lowest BCUT2D eigenvalue weighted by molar-refractivity contribution is -0.121. The van der Waals surface area contributed by atoms with E-state index in [-0.39, 0.29) is 11.5 Å². The summed E-state index contributed by atoms with van der Waals surface area (Å²) in [4.78, 5) is 25.1. The summed E-state index contributed by atoms with van der Waals surface area (Å²) in [6.07, 6.45) is 2.87. The Balaban J connectivity index is 1.45. The summed E-state index contributed by atoms with van der Waals surface area (Å²) in [6.45, 7) is 0.989. The van der Waals surface area contributed by atoms with Gasteiger partial charge in [-0.15, -0.1) is 0 Å². The molecular formula is C22H20BrN3O2. The third kappa shape index (κ3) is 3.60. The van der Waals surface area contributed by atoms with Crippen LogP contribution in [0.1, 0.15) is 18.4 Å². The molecule has 1 N–H and O–H groups in total. The van der Waals surface area contributed by atoms with E-state index in [1.165, 1.54) is 0 Å². The lowest BCUT2D eigenvalue weighted by atomic mass is 10.2. The van der Waals surface area contributed by atoms with Crippen LogP contribution >= 0.6 is 15.9 Å². The third-order valence-electron chi connectivity index (χ3n) is 4.86. The van der Waals surface area contributed by atoms with E-state index in [4.69, 9.17) is 0 Å². The average Bonchev–Trinajstić information content (AvgIpc) is 3.20. The van der Waals surface area contributed by atoms with Crippen molar-refractivity contribution in [2.75, 3.05) is 0 Å². The fourth-order valence-corrected chi connectivity index (χ4v) is 3.88. The molecule has 0 spiro atoms. The molecule has 0 aliphatic rings. The molecule has 1 amide bonds. The summed E-state index contributed by atoms with van der Waals surface area (Å²) in [5, 5.41) is 2.94. The summed E-state index contributed by atoms with van der Waals surface area (Å²) < 4.78 is 4.67. The molecule has 0 aliphatic carbocycles. The molecule has 0 fully saturated rings. The predicted molar refractivity (Wildman–Crippen MR) is 114 cm³/mol. The van der Waals surface area contributed by atoms with Crippen molar-refractivity contribution < 1.29 is 4.79 Å². The van der Waals surface area contributed by atoms with Crippen LogP contribution in [0.15, 0.2) is 76.1 Å². The van der Waals surface area contributed by atoms with Crippen molar-refractivity contribution in [1.29, 1.82) is 0 Å². The zero-order valence-electron chi connectivity index (χ0n) is 15.3. The molecule has 2 aromatic carbocycles. The Morgan fingerprint density at radius 3 is 2.46 bits per heavy atom. The van der Waals surface area contributed by atoms with Crippen molar-refractivity contribution in [2.24, 2.45) is 0 Å². The van der Waals surface area contributed by atoms with Crippen LogP contribution in [-0.4, -0.2) is 14.9 Å². The largest absolute Gasteiger partial charge is 0.352 e. The van der Waals surface area contributed by atoms with Crippen LogP contribution in [0.4, 0.5) is 0 Å². The van der Waals surface area contributed by atoms with Gasteiger partial charge in [-0.1, -0.05) is 46.3 Å². The Hall–Kier alpha value is -2.86. The second-order valence-corrected chi connectivity index (χ2v) is 7.53. The number of para-hydroxylation sites is 2. The molecule has 4 aromatic rings. The Bertz CT molecular complexity index is 1210. The van der Waals surface area contributed by atoms with Crippen molar-refractivity contribution in [3.05, 3.63) is 87.3 Å². The van der Waals surface area contributed by atoms with Crippen molar-refractivity contribution >= 4 is 38.4 Å². The predicted octanol–water partition coefficient (Wildman–Crippen LogP) is 4.11. The molecule has 0 bridgehead atoms. The molecule has 2 heterocycles. The monoisotopic (exact) mass is 437 g/mol. The van der Waals surface area contributed by atoms with Gasteiger partial charge in [0.25, 0.3) is 5.56 Å². The first-order valence-corrected chi connectivity index (χ1v) is 10.0. The molecule has 0 radical (unpaired) electrons. The van der Waals surface area contributed by atoms with E-state index in [9.17, 15) is 9.59 Å². The van der Waals surface area contributed by atoms with Gasteiger partial charge in [-0.2, -0.15) is 0 Å². The summed E-state index contributed by atoms with van der Waals surface area (Å²) >= 11 is 3.49. The number of amides is 1. The summed E-state index contributed by atoms with van der Waals surface area (Å²) in [6, 6.07) is 19.4. The normalized spacial score (nSPS) is 11.2. The van der Waals surface area contributed by atoms with Crippen LogP contribution in [0.3, 0.4) is 0 Å². The fourth-order valence-electron chi connectivity index (χ4n) is 3.45. The maximum atomic E-state index is 12.9. The molecule has 0 unspecified atom stereocenters. The van der Waals surface area contributed by atoms with Crippen LogP contribution in [0.5, 0.6) is 0 Å². The molecule has 0 aliphatic heterocycles. The molecular weight excluding hydrogens is 418 g/mol. The van der Waals surface area contributed by atoms with Gasteiger partial charge >= 0.3 is 0 Å². The van der Waals surface area contributed by atoms with Gasteiger partial charge < -0.3 is 14.3 Å². The third-order valence-corrected chi connectivity index (χ3v) is 5.64. The van der Waals surface area contributed by atoms with Crippen LogP contribution in [0.2, 0.25) is 0 Å². The van der Waals surface area contributed by atoms with Crippen molar-refractivity contribution in [1.82, 2.24) is 14.3 Å². The van der Waals surface area contributed by atoms with E-state index in [2.05, 4.69) is 21.2 Å². The fraction of sp³-hybridized carbons (Fsp3) is 0.182. The molecule has 28 heavy (non-hydrogen) atoms. The Morgan fingerprint density at radius 2 is 1.64 bits per heavy atom. The standard InChI is InChI=1S/C22H20BrN3O2/c23-17-8-2-1-7-16(17)15-24-21(27)12-6-14-26-19-10-4-3-9-18(19)25-13-5-11-20(25)22(26)28/h1-5,7-11,13H,6,12,14-15H2,(H,24,27). The van der Waals surface area contributed by atoms with E-state index in [0.717, 1.165) is 21.1 Å². The van der Waals surface area contributed by atoms with E-state index in [0.29, 0.717) is 31.4 Å². The van der Waals surface area contributed by atoms with Gasteiger partial charge in [0.05, 0.1) is 11.0 Å². The molecule has 0 saturated heterocycles. The maximum absolute atomic E-state index is 12.9. The zero-order valence-corrected chi connectivity index (χ0v) is 16.9. The highest BCUT2D eigenvalue weighted by molar-refractivity contribution is 9.10. The average molecular weight is 438 g/mol. The Kier molecular flexibility index (Phi) is 5.30. The smallest absolute Gasteiger partial charge is 0.275 e. The van der Waals surface area contributed by atoms with Gasteiger partial charge in [0.15, 0.2) is 0 Å². The highest BCUT2D eigenvalue weighted by atomic mass is 79.9. The van der Waals surface area contributed by atoms with Crippen LogP contribution in [-0.2, 0) is 17.9 Å². The number of aromatic nitrogens is 2. The lowest BCUT2D eigenvalue weighted by Crippen LogP contribution is -2.25. The van der Waals surface area contributed by atoms with E-state index in [1.54, 1.807) is 4.57 Å². The van der Waals surface area contributed by atoms with Crippen molar-refractivity contribution in [3.8, 4) is 0 Å². The summed E-state index contributed by atoms with van der Waals surface area (Å²) in [5.74, 6) is -0.0168. The summed E-state index contributed by atoms with van der Waals surface area (Å²) in [7, 11) is 0. The topological polar surface area (TPSA) is 55.5 Å². The highest BCUT2D eigenvalue weighted by Gasteiger charge is 2.10. The maximum Gasteiger partial charge on any atom is 0.275 e. The first kappa shape index (κ1) is 18.5. The Labute approximate surface area is 170 Å². The van der Waals surface area contributed by atoms with Crippen LogP contribution in [0.25, 0.3) is 16.6 Å². The van der Waals surface area contributed by atoms with E-state index in [1.807, 2.05) is 71.3 Å². The molecule has 6 heteroatoms. The van der Waals surface area contributed by atoms with Gasteiger partial charge in [0, 0.05) is 30.2 Å². The van der Waals surface area contributed by atoms with Gasteiger partial charge in [-0.3, -0.25) is 9.59 Å². The zero-order chi connectivity index (χ0) is 19.5. The lowest BCUT2D eigenvalue weighted by Gasteiger charge is -2.12. The van der Waals surface area contributed by atoms with Gasteiger partial charge in [0.2, 0.25) is 5.91 Å². The van der Waals surface area contributed by atoms with Gasteiger partial charge in [-0.25, -0.2) is 0 Å². The number of hydrogen-bond donors (Lipinski definition) is 1. The number of benzene rings is 2. The number of rotatable bonds is 6. The van der Waals surface area contributed by atoms with E-state index >= 15 is 0 Å². The second kappa shape index (κ2) is 8.02. The minimum absolute atomic E-state index is 0.0168. The van der Waals surface area contributed by atoms with E-state index < -0.39 is 0 Å². The highest BCUT2D eigenvalue weighted by Crippen LogP contribution is 2.16. The van der Waals surface area contributed by atoms with Gasteiger partial charge in [0.1, 0.15) is 5.52 Å². The van der Waals surface area contributed by atoms with Gasteiger partial charge in [-0.05, 0) is 42.3 Å². The molecule has 0 atom stereocenters. The minimum atomic E-state index is -0.0303. The Morgan fingerprint density at radius 1 is 0.929 bits per heavy atom. The summed E-state index contributed by atoms with van der Waals surface area (Å²) in [5.41, 5.74) is 3.52. The molecule has 4 rings (SSSR count). The SMILES string of the molecule is O=C(CCCn1c(=O)c2cccn2c2ccccc21)NCc1ccccc1Br. The number of carbonyl (C=O) groups is 1. The number of halogens is 1. The molecule has 142 valence electrons. The van der Waals surface area contributed by atoms with Crippen LogP contribution < -0.4 is 10.9 Å². The molecule has 0 saturated carbocycles. The van der Waals surface area contributed by atoms with Crippen molar-refractivity contribution in [3.63, 3.8) is 0 Å². The van der Waals surface area contributed by atoms with Crippen molar-refractivity contribution in [2.45, 2.75) is 25.9 Å². The first-order chi connectivity index (χ1) is 13.6. The number of aryl methyl sites for hydroxylation is 1. The quantitative estimate of drug-likeness (QED) is 0.493. The molecule has 5 nitrogen and oxygen atoms in total. The number of carbonyl (C=O) groups excluding carboxylic acids is 1. The number of fused-ring (bicyclic) bond motifs is 3. The number of nitrogens with one attached hydrogen (secondary N) is 1. The first-order valence-electron chi connectivity index (χ1n) is 9.24.